The molecule has 1 aromatic carbocycles. The maximum atomic E-state index is 12.8. The first-order chi connectivity index (χ1) is 13.5. The summed E-state index contributed by atoms with van der Waals surface area (Å²) in [5.41, 5.74) is 1.67. The van der Waals surface area contributed by atoms with Gasteiger partial charge in [0.05, 0.1) is 12.7 Å². The van der Waals surface area contributed by atoms with Gasteiger partial charge in [-0.1, -0.05) is 12.1 Å². The van der Waals surface area contributed by atoms with Crippen LogP contribution in [0.25, 0.3) is 11.0 Å². The molecule has 7 nitrogen and oxygen atoms in total. The number of hydrogen-bond acceptors (Lipinski definition) is 5. The van der Waals surface area contributed by atoms with Crippen molar-refractivity contribution in [2.45, 2.75) is 13.3 Å². The third-order valence-corrected chi connectivity index (χ3v) is 4.98. The molecule has 0 atom stereocenters. The Kier molecular flexibility index (Phi) is 4.73. The van der Waals surface area contributed by atoms with E-state index in [1.807, 2.05) is 19.1 Å². The zero-order chi connectivity index (χ0) is 19.7. The number of amides is 2. The molecule has 3 heterocycles. The summed E-state index contributed by atoms with van der Waals surface area (Å²) in [5.74, 6) is 0.0641. The van der Waals surface area contributed by atoms with Gasteiger partial charge in [-0.2, -0.15) is 0 Å². The summed E-state index contributed by atoms with van der Waals surface area (Å²) in [6, 6.07) is 10.3. The van der Waals surface area contributed by atoms with Gasteiger partial charge < -0.3 is 18.6 Å². The van der Waals surface area contributed by atoms with Gasteiger partial charge in [0, 0.05) is 37.6 Å². The summed E-state index contributed by atoms with van der Waals surface area (Å²) in [6.07, 6.45) is 1.59. The van der Waals surface area contributed by atoms with Crippen LogP contribution < -0.4 is 5.63 Å². The molecule has 28 heavy (non-hydrogen) atoms. The van der Waals surface area contributed by atoms with E-state index in [1.165, 1.54) is 12.3 Å². The van der Waals surface area contributed by atoms with E-state index in [-0.39, 0.29) is 18.2 Å². The van der Waals surface area contributed by atoms with Crippen molar-refractivity contribution in [3.8, 4) is 0 Å². The second-order valence-corrected chi connectivity index (χ2v) is 6.92. The molecule has 3 aromatic rings. The van der Waals surface area contributed by atoms with Crippen molar-refractivity contribution >= 4 is 22.8 Å². The highest BCUT2D eigenvalue weighted by atomic mass is 16.4. The van der Waals surface area contributed by atoms with E-state index in [4.69, 9.17) is 8.83 Å². The first-order valence-corrected chi connectivity index (χ1v) is 9.15. The van der Waals surface area contributed by atoms with E-state index in [1.54, 1.807) is 28.0 Å². The van der Waals surface area contributed by atoms with Crippen molar-refractivity contribution in [2.24, 2.45) is 0 Å². The lowest BCUT2D eigenvalue weighted by Crippen LogP contribution is -2.51. The predicted octanol–water partition coefficient (Wildman–Crippen LogP) is 2.22. The Hall–Kier alpha value is -3.35. The van der Waals surface area contributed by atoms with E-state index in [0.29, 0.717) is 43.1 Å². The molecular formula is C21H20N2O5. The molecule has 0 radical (unpaired) electrons. The molecule has 2 aromatic heterocycles. The van der Waals surface area contributed by atoms with Crippen LogP contribution >= 0.6 is 0 Å². The predicted molar refractivity (Wildman–Crippen MR) is 102 cm³/mol. The number of hydrogen-bond donors (Lipinski definition) is 0. The van der Waals surface area contributed by atoms with Crippen molar-refractivity contribution < 1.29 is 18.4 Å². The van der Waals surface area contributed by atoms with Crippen LogP contribution in [0.3, 0.4) is 0 Å². The van der Waals surface area contributed by atoms with Crippen LogP contribution in [0.5, 0.6) is 0 Å². The molecule has 4 rings (SSSR count). The molecule has 0 bridgehead atoms. The van der Waals surface area contributed by atoms with E-state index >= 15 is 0 Å². The van der Waals surface area contributed by atoms with E-state index < -0.39 is 5.63 Å². The average molecular weight is 380 g/mol. The number of aryl methyl sites for hydroxylation is 1. The Morgan fingerprint density at radius 3 is 2.50 bits per heavy atom. The lowest BCUT2D eigenvalue weighted by atomic mass is 10.0. The first-order valence-electron chi connectivity index (χ1n) is 9.15. The second-order valence-electron chi connectivity index (χ2n) is 6.92. The van der Waals surface area contributed by atoms with Crippen LogP contribution in [0.2, 0.25) is 0 Å². The standard InChI is InChI=1S/C21H20N2O5/c1-14-4-5-16-15(13-20(25)28-18(16)11-14)12-19(24)22-6-8-23(9-7-22)21(26)17-3-2-10-27-17/h2-5,10-11,13H,6-9,12H2,1H3. The fourth-order valence-corrected chi connectivity index (χ4v) is 3.47. The summed E-state index contributed by atoms with van der Waals surface area (Å²) in [5, 5.41) is 0.769. The fourth-order valence-electron chi connectivity index (χ4n) is 3.47. The highest BCUT2D eigenvalue weighted by Crippen LogP contribution is 2.20. The molecule has 0 aliphatic carbocycles. The molecule has 144 valence electrons. The lowest BCUT2D eigenvalue weighted by Gasteiger charge is -2.34. The van der Waals surface area contributed by atoms with Crippen molar-refractivity contribution in [3.63, 3.8) is 0 Å². The van der Waals surface area contributed by atoms with E-state index in [2.05, 4.69) is 0 Å². The van der Waals surface area contributed by atoms with Crippen LogP contribution in [-0.2, 0) is 11.2 Å². The number of fused-ring (bicyclic) bond motifs is 1. The van der Waals surface area contributed by atoms with Gasteiger partial charge in [0.15, 0.2) is 5.76 Å². The topological polar surface area (TPSA) is 84.0 Å². The van der Waals surface area contributed by atoms with Crippen LogP contribution in [0, 0.1) is 6.92 Å². The number of benzene rings is 1. The Morgan fingerprint density at radius 2 is 1.79 bits per heavy atom. The van der Waals surface area contributed by atoms with Gasteiger partial charge in [-0.15, -0.1) is 0 Å². The molecule has 0 unspecified atom stereocenters. The van der Waals surface area contributed by atoms with Crippen molar-refractivity contribution in [3.05, 3.63) is 70.0 Å². The van der Waals surface area contributed by atoms with Gasteiger partial charge in [-0.25, -0.2) is 4.79 Å². The average Bonchev–Trinajstić information content (AvgIpc) is 3.21. The SMILES string of the molecule is Cc1ccc2c(CC(=O)N3CCN(C(=O)c4ccco4)CC3)cc(=O)oc2c1. The van der Waals surface area contributed by atoms with Crippen LogP contribution in [0.4, 0.5) is 0 Å². The Labute approximate surface area is 161 Å². The molecule has 0 N–H and O–H groups in total. The molecule has 1 saturated heterocycles. The van der Waals surface area contributed by atoms with Gasteiger partial charge >= 0.3 is 5.63 Å². The van der Waals surface area contributed by atoms with Crippen molar-refractivity contribution in [1.82, 2.24) is 9.80 Å². The number of carbonyl (C=O) groups excluding carboxylic acids is 2. The fraction of sp³-hybridized carbons (Fsp3) is 0.286. The summed E-state index contributed by atoms with van der Waals surface area (Å²) in [4.78, 5) is 40.3. The van der Waals surface area contributed by atoms with Gasteiger partial charge in [-0.05, 0) is 36.2 Å². The smallest absolute Gasteiger partial charge is 0.336 e. The largest absolute Gasteiger partial charge is 0.459 e. The third kappa shape index (κ3) is 3.55. The van der Waals surface area contributed by atoms with Gasteiger partial charge in [0.1, 0.15) is 5.58 Å². The minimum absolute atomic E-state index is 0.0717. The Bertz CT molecular complexity index is 1080. The summed E-state index contributed by atoms with van der Waals surface area (Å²) in [7, 11) is 0. The zero-order valence-electron chi connectivity index (χ0n) is 15.5. The molecule has 7 heteroatoms. The van der Waals surface area contributed by atoms with E-state index in [9.17, 15) is 14.4 Å². The van der Waals surface area contributed by atoms with Crippen molar-refractivity contribution in [2.75, 3.05) is 26.2 Å². The minimum Gasteiger partial charge on any atom is -0.459 e. The minimum atomic E-state index is -0.463. The normalized spacial score (nSPS) is 14.5. The van der Waals surface area contributed by atoms with Crippen LogP contribution in [-0.4, -0.2) is 47.8 Å². The molecule has 1 aliphatic rings. The highest BCUT2D eigenvalue weighted by molar-refractivity contribution is 5.92. The maximum Gasteiger partial charge on any atom is 0.336 e. The summed E-state index contributed by atoms with van der Waals surface area (Å²) >= 11 is 0. The van der Waals surface area contributed by atoms with Crippen LogP contribution in [0.1, 0.15) is 21.7 Å². The highest BCUT2D eigenvalue weighted by Gasteiger charge is 2.26. The third-order valence-electron chi connectivity index (χ3n) is 4.98. The number of furan rings is 1. The van der Waals surface area contributed by atoms with Gasteiger partial charge in [0.2, 0.25) is 5.91 Å². The molecular weight excluding hydrogens is 360 g/mol. The molecule has 1 aliphatic heterocycles. The van der Waals surface area contributed by atoms with Crippen LogP contribution in [0.15, 0.2) is 56.3 Å². The second kappa shape index (κ2) is 7.34. The molecule has 2 amide bonds. The monoisotopic (exact) mass is 380 g/mol. The summed E-state index contributed by atoms with van der Waals surface area (Å²) < 4.78 is 10.4. The molecule has 0 spiro atoms. The van der Waals surface area contributed by atoms with Crippen molar-refractivity contribution in [1.29, 1.82) is 0 Å². The van der Waals surface area contributed by atoms with Gasteiger partial charge in [0.25, 0.3) is 5.91 Å². The Morgan fingerprint density at radius 1 is 1.04 bits per heavy atom. The molecule has 1 fully saturated rings. The number of rotatable bonds is 3. The summed E-state index contributed by atoms with van der Waals surface area (Å²) in [6.45, 7) is 3.71. The first kappa shape index (κ1) is 18.0. The quantitative estimate of drug-likeness (QED) is 0.651. The van der Waals surface area contributed by atoms with E-state index in [0.717, 1.165) is 10.9 Å². The number of nitrogens with zero attached hydrogens (tertiary/aromatic N) is 2. The molecule has 0 saturated carbocycles. The maximum absolute atomic E-state index is 12.8. The van der Waals surface area contributed by atoms with Gasteiger partial charge in [-0.3, -0.25) is 9.59 Å². The lowest BCUT2D eigenvalue weighted by molar-refractivity contribution is -0.131. The zero-order valence-corrected chi connectivity index (χ0v) is 15.5. The Balaban J connectivity index is 1.45. The number of carbonyl (C=O) groups is 2. The number of piperazine rings is 1.